The highest BCUT2D eigenvalue weighted by Gasteiger charge is 2.30. The second-order valence-electron chi connectivity index (χ2n) is 5.65. The fourth-order valence-corrected chi connectivity index (χ4v) is 2.88. The second kappa shape index (κ2) is 6.27. The molecule has 0 unspecified atom stereocenters. The first-order valence-electron chi connectivity index (χ1n) is 7.59. The number of carbonyl (C=O) groups is 1. The predicted molar refractivity (Wildman–Crippen MR) is 80.7 cm³/mol. The van der Waals surface area contributed by atoms with Gasteiger partial charge in [-0.15, -0.1) is 0 Å². The van der Waals surface area contributed by atoms with Gasteiger partial charge in [-0.1, -0.05) is 36.3 Å². The van der Waals surface area contributed by atoms with Gasteiger partial charge < -0.3 is 10.3 Å². The Bertz CT molecular complexity index is 668. The van der Waals surface area contributed by atoms with Gasteiger partial charge in [-0.05, 0) is 24.0 Å². The number of benzene rings is 1. The molecule has 0 saturated carbocycles. The maximum atomic E-state index is 11.8. The molecule has 0 spiro atoms. The van der Waals surface area contributed by atoms with Crippen molar-refractivity contribution in [3.05, 3.63) is 47.1 Å². The number of aryl methyl sites for hydroxylation is 1. The maximum absolute atomic E-state index is 11.8. The lowest BCUT2D eigenvalue weighted by Crippen LogP contribution is -2.48. The van der Waals surface area contributed by atoms with E-state index in [9.17, 15) is 4.79 Å². The summed E-state index contributed by atoms with van der Waals surface area (Å²) in [5.41, 5.74) is 7.98. The molecule has 1 aliphatic heterocycles. The van der Waals surface area contributed by atoms with Gasteiger partial charge >= 0.3 is 0 Å². The molecular formula is C16H20N4O2. The number of nitrogens with two attached hydrogens (primary N) is 1. The van der Waals surface area contributed by atoms with Crippen molar-refractivity contribution in [1.82, 2.24) is 15.0 Å². The second-order valence-corrected chi connectivity index (χ2v) is 5.65. The maximum Gasteiger partial charge on any atom is 0.235 e. The van der Waals surface area contributed by atoms with Gasteiger partial charge in [-0.3, -0.25) is 9.69 Å². The van der Waals surface area contributed by atoms with Crippen LogP contribution in [-0.2, 0) is 30.7 Å². The number of fused-ring (bicyclic) bond motifs is 1. The third-order valence-corrected chi connectivity index (χ3v) is 3.99. The molecule has 1 aromatic heterocycles. The van der Waals surface area contributed by atoms with Crippen LogP contribution in [0.4, 0.5) is 0 Å². The summed E-state index contributed by atoms with van der Waals surface area (Å²) in [6.45, 7) is 3.20. The van der Waals surface area contributed by atoms with E-state index in [0.717, 1.165) is 12.8 Å². The van der Waals surface area contributed by atoms with Crippen molar-refractivity contribution in [1.29, 1.82) is 0 Å². The monoisotopic (exact) mass is 300 g/mol. The zero-order valence-electron chi connectivity index (χ0n) is 12.7. The molecule has 6 heteroatoms. The number of rotatable bonds is 5. The quantitative estimate of drug-likeness (QED) is 0.903. The lowest BCUT2D eigenvalue weighted by molar-refractivity contribution is -0.124. The fourth-order valence-electron chi connectivity index (χ4n) is 2.88. The minimum Gasteiger partial charge on any atom is -0.368 e. The molecular weight excluding hydrogens is 280 g/mol. The SMILES string of the molecule is CCCc1nc(CN2Cc3ccccc3C[C@H]2C(N)=O)no1. The van der Waals surface area contributed by atoms with Gasteiger partial charge in [0.15, 0.2) is 5.82 Å². The van der Waals surface area contributed by atoms with Gasteiger partial charge in [0.25, 0.3) is 0 Å². The normalized spacial score (nSPS) is 18.1. The van der Waals surface area contributed by atoms with Gasteiger partial charge in [-0.25, -0.2) is 0 Å². The summed E-state index contributed by atoms with van der Waals surface area (Å²) < 4.78 is 5.21. The van der Waals surface area contributed by atoms with Crippen molar-refractivity contribution < 1.29 is 9.32 Å². The van der Waals surface area contributed by atoms with Gasteiger partial charge in [0.2, 0.25) is 11.8 Å². The van der Waals surface area contributed by atoms with Crippen LogP contribution in [0.5, 0.6) is 0 Å². The predicted octanol–water partition coefficient (Wildman–Crippen LogP) is 1.43. The molecule has 116 valence electrons. The van der Waals surface area contributed by atoms with Gasteiger partial charge in [0.05, 0.1) is 12.6 Å². The summed E-state index contributed by atoms with van der Waals surface area (Å²) in [5, 5.41) is 4.00. The van der Waals surface area contributed by atoms with Gasteiger partial charge in [0, 0.05) is 13.0 Å². The van der Waals surface area contributed by atoms with Crippen molar-refractivity contribution in [3.63, 3.8) is 0 Å². The summed E-state index contributed by atoms with van der Waals surface area (Å²) in [6, 6.07) is 7.80. The van der Waals surface area contributed by atoms with Crippen molar-refractivity contribution in [2.24, 2.45) is 5.73 Å². The Morgan fingerprint density at radius 1 is 1.41 bits per heavy atom. The Labute approximate surface area is 129 Å². The summed E-state index contributed by atoms with van der Waals surface area (Å²) in [7, 11) is 0. The molecule has 2 N–H and O–H groups in total. The van der Waals surface area contributed by atoms with Crippen LogP contribution in [-0.4, -0.2) is 27.0 Å². The molecule has 2 heterocycles. The highest BCUT2D eigenvalue weighted by atomic mass is 16.5. The van der Waals surface area contributed by atoms with Gasteiger partial charge in [-0.2, -0.15) is 4.98 Å². The molecule has 0 aliphatic carbocycles. The lowest BCUT2D eigenvalue weighted by atomic mass is 9.93. The van der Waals surface area contributed by atoms with Crippen LogP contribution in [0.2, 0.25) is 0 Å². The van der Waals surface area contributed by atoms with E-state index in [1.54, 1.807) is 0 Å². The summed E-state index contributed by atoms with van der Waals surface area (Å²) in [4.78, 5) is 18.2. The molecule has 6 nitrogen and oxygen atoms in total. The van der Waals surface area contributed by atoms with Gasteiger partial charge in [0.1, 0.15) is 0 Å². The Kier molecular flexibility index (Phi) is 4.20. The molecule has 22 heavy (non-hydrogen) atoms. The van der Waals surface area contributed by atoms with Crippen LogP contribution in [0, 0.1) is 0 Å². The number of nitrogens with zero attached hydrogens (tertiary/aromatic N) is 3. The van der Waals surface area contributed by atoms with Crippen LogP contribution < -0.4 is 5.73 Å². The van der Waals surface area contributed by atoms with Crippen molar-refractivity contribution in [2.75, 3.05) is 0 Å². The first-order chi connectivity index (χ1) is 10.7. The molecule has 0 saturated heterocycles. The largest absolute Gasteiger partial charge is 0.368 e. The van der Waals surface area contributed by atoms with Crippen molar-refractivity contribution in [2.45, 2.75) is 45.3 Å². The van der Waals surface area contributed by atoms with Crippen LogP contribution >= 0.6 is 0 Å². The Morgan fingerprint density at radius 2 is 2.18 bits per heavy atom. The minimum absolute atomic E-state index is 0.313. The van der Waals surface area contributed by atoms with Crippen LogP contribution in [0.15, 0.2) is 28.8 Å². The van der Waals surface area contributed by atoms with E-state index in [-0.39, 0.29) is 11.9 Å². The first-order valence-corrected chi connectivity index (χ1v) is 7.59. The molecule has 1 aliphatic rings. The lowest BCUT2D eigenvalue weighted by Gasteiger charge is -2.34. The van der Waals surface area contributed by atoms with E-state index >= 15 is 0 Å². The average Bonchev–Trinajstić information content (AvgIpc) is 2.94. The molecule has 0 radical (unpaired) electrons. The zero-order valence-corrected chi connectivity index (χ0v) is 12.7. The number of aromatic nitrogens is 2. The zero-order chi connectivity index (χ0) is 15.5. The summed E-state index contributed by atoms with van der Waals surface area (Å²) in [6.07, 6.45) is 2.36. The molecule has 3 rings (SSSR count). The first kappa shape index (κ1) is 14.7. The van der Waals surface area contributed by atoms with E-state index in [1.165, 1.54) is 11.1 Å². The Balaban J connectivity index is 1.79. The number of hydrogen-bond acceptors (Lipinski definition) is 5. The number of carbonyl (C=O) groups excluding carboxylic acids is 1. The molecule has 2 aromatic rings. The van der Waals surface area contributed by atoms with E-state index < -0.39 is 0 Å². The standard InChI is InChI=1S/C16H20N4O2/c1-2-5-15-18-14(19-22-15)10-20-9-12-7-4-3-6-11(12)8-13(20)16(17)21/h3-4,6-7,13H,2,5,8-10H2,1H3,(H2,17,21)/t13-/m0/s1. The highest BCUT2D eigenvalue weighted by Crippen LogP contribution is 2.24. The third-order valence-electron chi connectivity index (χ3n) is 3.99. The van der Waals surface area contributed by atoms with E-state index in [2.05, 4.69) is 29.2 Å². The van der Waals surface area contributed by atoms with Crippen molar-refractivity contribution >= 4 is 5.91 Å². The molecule has 0 fully saturated rings. The van der Waals surface area contributed by atoms with Crippen molar-refractivity contribution in [3.8, 4) is 0 Å². The Hall–Kier alpha value is -2.21. The number of hydrogen-bond donors (Lipinski definition) is 1. The van der Waals surface area contributed by atoms with Crippen LogP contribution in [0.25, 0.3) is 0 Å². The molecule has 1 amide bonds. The van der Waals surface area contributed by atoms with Crippen LogP contribution in [0.1, 0.15) is 36.2 Å². The summed E-state index contributed by atoms with van der Waals surface area (Å²) in [5.74, 6) is 0.936. The van der Waals surface area contributed by atoms with E-state index in [0.29, 0.717) is 31.2 Å². The van der Waals surface area contributed by atoms with E-state index in [1.807, 2.05) is 17.0 Å². The molecule has 1 aromatic carbocycles. The topological polar surface area (TPSA) is 85.3 Å². The number of primary amides is 1. The van der Waals surface area contributed by atoms with Crippen LogP contribution in [0.3, 0.4) is 0 Å². The smallest absolute Gasteiger partial charge is 0.235 e. The average molecular weight is 300 g/mol. The van der Waals surface area contributed by atoms with E-state index in [4.69, 9.17) is 10.3 Å². The molecule has 1 atom stereocenters. The fraction of sp³-hybridized carbons (Fsp3) is 0.438. The summed E-state index contributed by atoms with van der Waals surface area (Å²) >= 11 is 0. The minimum atomic E-state index is -0.331. The third kappa shape index (κ3) is 3.01. The number of amides is 1. The molecule has 0 bridgehead atoms. The highest BCUT2D eigenvalue weighted by molar-refractivity contribution is 5.80. The Morgan fingerprint density at radius 3 is 2.91 bits per heavy atom.